The third-order valence-electron chi connectivity index (χ3n) is 6.15. The van der Waals surface area contributed by atoms with Gasteiger partial charge in [0.05, 0.1) is 36.0 Å². The molecule has 0 amide bonds. The first-order valence-corrected chi connectivity index (χ1v) is 11.6. The second kappa shape index (κ2) is 9.84. The van der Waals surface area contributed by atoms with E-state index in [1.54, 1.807) is 18.3 Å². The smallest absolute Gasteiger partial charge is 0.415 e. The molecule has 1 aliphatic heterocycles. The molecule has 1 saturated heterocycles. The van der Waals surface area contributed by atoms with Crippen molar-refractivity contribution in [1.82, 2.24) is 30.0 Å². The highest BCUT2D eigenvalue weighted by Crippen LogP contribution is 2.30. The van der Waals surface area contributed by atoms with Gasteiger partial charge in [-0.05, 0) is 24.3 Å². The van der Waals surface area contributed by atoms with Gasteiger partial charge in [-0.1, -0.05) is 0 Å². The van der Waals surface area contributed by atoms with Crippen LogP contribution in [0.3, 0.4) is 0 Å². The fourth-order valence-electron chi connectivity index (χ4n) is 4.26. The van der Waals surface area contributed by atoms with E-state index in [1.165, 1.54) is 29.1 Å². The summed E-state index contributed by atoms with van der Waals surface area (Å²) in [4.78, 5) is 21.1. The first-order valence-electron chi connectivity index (χ1n) is 11.6. The van der Waals surface area contributed by atoms with Crippen molar-refractivity contribution in [3.63, 3.8) is 0 Å². The molecular weight excluding hydrogens is 505 g/mol. The van der Waals surface area contributed by atoms with Crippen molar-refractivity contribution in [2.75, 3.05) is 19.7 Å². The molecule has 0 radical (unpaired) electrons. The molecule has 0 bridgehead atoms. The quantitative estimate of drug-likeness (QED) is 0.353. The Kier molecular flexibility index (Phi) is 6.21. The second-order valence-corrected chi connectivity index (χ2v) is 8.61. The topological polar surface area (TPSA) is 121 Å². The van der Waals surface area contributed by atoms with E-state index in [0.29, 0.717) is 30.0 Å². The van der Waals surface area contributed by atoms with Crippen molar-refractivity contribution in [3.8, 4) is 22.6 Å². The Hall–Kier alpha value is -4.36. The van der Waals surface area contributed by atoms with Crippen LogP contribution in [0.2, 0.25) is 0 Å². The van der Waals surface area contributed by atoms with Crippen LogP contribution in [0.1, 0.15) is 29.7 Å². The molecule has 5 aromatic rings. The van der Waals surface area contributed by atoms with E-state index in [2.05, 4.69) is 25.5 Å². The number of morpholine rings is 1. The van der Waals surface area contributed by atoms with Gasteiger partial charge in [0.15, 0.2) is 5.58 Å². The summed E-state index contributed by atoms with van der Waals surface area (Å²) >= 11 is 0. The zero-order chi connectivity index (χ0) is 26.2. The predicted molar refractivity (Wildman–Crippen MR) is 127 cm³/mol. The number of oxazole rings is 1. The van der Waals surface area contributed by atoms with Crippen LogP contribution in [0.5, 0.6) is 0 Å². The molecule has 13 heteroatoms. The van der Waals surface area contributed by atoms with Gasteiger partial charge in [-0.3, -0.25) is 14.5 Å². The number of nitrogens with one attached hydrogen (secondary N) is 1. The lowest BCUT2D eigenvalue weighted by Gasteiger charge is -2.24. The first kappa shape index (κ1) is 24.0. The minimum Gasteiger partial charge on any atom is -0.415 e. The molecule has 4 aromatic heterocycles. The van der Waals surface area contributed by atoms with Crippen molar-refractivity contribution in [2.45, 2.75) is 19.1 Å². The lowest BCUT2D eigenvalue weighted by Crippen LogP contribution is -2.33. The van der Waals surface area contributed by atoms with Gasteiger partial charge in [0, 0.05) is 54.4 Å². The number of benzene rings is 1. The predicted octanol–water partition coefficient (Wildman–Crippen LogP) is 3.89. The fraction of sp³-hybridized carbons (Fsp3) is 0.240. The molecule has 1 fully saturated rings. The maximum absolute atomic E-state index is 15.3. The molecule has 1 unspecified atom stereocenters. The van der Waals surface area contributed by atoms with Crippen molar-refractivity contribution in [2.24, 2.45) is 0 Å². The SMILES string of the molecule is O=c1oc2cc(-c3cncc(C4CNCCO4)c3)c(F)cc2n1Cc1ccc(-c2nnc(C(F)F)o2)cn1. The average molecular weight is 524 g/mol. The zero-order valence-electron chi connectivity index (χ0n) is 19.6. The maximum Gasteiger partial charge on any atom is 0.420 e. The Morgan fingerprint density at radius 1 is 1.08 bits per heavy atom. The summed E-state index contributed by atoms with van der Waals surface area (Å²) in [6, 6.07) is 7.62. The number of rotatable bonds is 6. The fourth-order valence-corrected chi connectivity index (χ4v) is 4.26. The monoisotopic (exact) mass is 524 g/mol. The minimum atomic E-state index is -2.88. The van der Waals surface area contributed by atoms with Crippen LogP contribution < -0.4 is 11.1 Å². The summed E-state index contributed by atoms with van der Waals surface area (Å²) in [5, 5.41) is 10.1. The number of halogens is 3. The summed E-state index contributed by atoms with van der Waals surface area (Å²) in [6.45, 7) is 1.96. The van der Waals surface area contributed by atoms with Gasteiger partial charge < -0.3 is 18.9 Å². The van der Waals surface area contributed by atoms with E-state index >= 15 is 4.39 Å². The molecule has 5 heterocycles. The number of hydrogen-bond acceptors (Lipinski definition) is 9. The molecule has 1 N–H and O–H groups in total. The van der Waals surface area contributed by atoms with Gasteiger partial charge in [0.1, 0.15) is 5.82 Å². The lowest BCUT2D eigenvalue weighted by atomic mass is 10.0. The molecule has 194 valence electrons. The molecule has 1 aliphatic rings. The van der Waals surface area contributed by atoms with E-state index < -0.39 is 23.9 Å². The Bertz CT molecular complexity index is 1660. The largest absolute Gasteiger partial charge is 0.420 e. The maximum atomic E-state index is 15.3. The third kappa shape index (κ3) is 4.57. The van der Waals surface area contributed by atoms with Crippen molar-refractivity contribution >= 4 is 11.1 Å². The van der Waals surface area contributed by atoms with Crippen molar-refractivity contribution in [1.29, 1.82) is 0 Å². The van der Waals surface area contributed by atoms with Crippen LogP contribution in [0.4, 0.5) is 13.2 Å². The average Bonchev–Trinajstić information content (AvgIpc) is 3.55. The van der Waals surface area contributed by atoms with Crippen molar-refractivity contribution < 1.29 is 26.7 Å². The van der Waals surface area contributed by atoms with Crippen LogP contribution in [0.15, 0.2) is 62.6 Å². The van der Waals surface area contributed by atoms with Gasteiger partial charge in [-0.25, -0.2) is 9.18 Å². The summed E-state index contributed by atoms with van der Waals surface area (Å²) in [5.74, 6) is -2.13. The van der Waals surface area contributed by atoms with Crippen LogP contribution in [-0.2, 0) is 11.3 Å². The highest BCUT2D eigenvalue weighted by Gasteiger charge is 2.20. The molecule has 1 aromatic carbocycles. The molecule has 38 heavy (non-hydrogen) atoms. The number of nitrogens with zero attached hydrogens (tertiary/aromatic N) is 5. The Labute approximate surface area is 212 Å². The number of alkyl halides is 2. The Morgan fingerprint density at radius 3 is 2.71 bits per heavy atom. The van der Waals surface area contributed by atoms with E-state index in [0.717, 1.165) is 12.1 Å². The minimum absolute atomic E-state index is 0.0138. The van der Waals surface area contributed by atoms with Gasteiger partial charge in [0.25, 0.3) is 5.89 Å². The van der Waals surface area contributed by atoms with Gasteiger partial charge in [-0.15, -0.1) is 10.2 Å². The zero-order valence-corrected chi connectivity index (χ0v) is 19.6. The van der Waals surface area contributed by atoms with Crippen LogP contribution in [0.25, 0.3) is 33.7 Å². The van der Waals surface area contributed by atoms with Crippen LogP contribution in [-0.4, -0.2) is 44.4 Å². The Morgan fingerprint density at radius 2 is 1.97 bits per heavy atom. The second-order valence-electron chi connectivity index (χ2n) is 8.61. The van der Waals surface area contributed by atoms with Gasteiger partial charge in [0.2, 0.25) is 5.89 Å². The standard InChI is InChI=1S/C25H19F3N6O4/c26-18-7-19-20(6-17(18)14-5-15(9-30-8-14)21-11-29-3-4-36-21)37-25(35)34(19)12-16-2-1-13(10-31-16)23-32-33-24(38-23)22(27)28/h1-2,5-10,21-22,29H,3-4,11-12H2. The molecular formula is C25H19F3N6O4. The molecule has 10 nitrogen and oxygen atoms in total. The highest BCUT2D eigenvalue weighted by atomic mass is 19.3. The number of aromatic nitrogens is 5. The molecule has 1 atom stereocenters. The van der Waals surface area contributed by atoms with Gasteiger partial charge in [-0.2, -0.15) is 8.78 Å². The first-order chi connectivity index (χ1) is 18.5. The van der Waals surface area contributed by atoms with Crippen molar-refractivity contribution in [3.05, 3.63) is 82.4 Å². The van der Waals surface area contributed by atoms with E-state index in [-0.39, 0.29) is 35.2 Å². The third-order valence-corrected chi connectivity index (χ3v) is 6.15. The van der Waals surface area contributed by atoms with E-state index in [1.807, 2.05) is 6.07 Å². The van der Waals surface area contributed by atoms with Crippen LogP contribution >= 0.6 is 0 Å². The highest BCUT2D eigenvalue weighted by molar-refractivity contribution is 5.81. The summed E-state index contributed by atoms with van der Waals surface area (Å²) < 4.78 is 58.0. The summed E-state index contributed by atoms with van der Waals surface area (Å²) in [5.41, 5.74) is 2.81. The molecule has 0 aliphatic carbocycles. The summed E-state index contributed by atoms with van der Waals surface area (Å²) in [7, 11) is 0. The van der Waals surface area contributed by atoms with E-state index in [4.69, 9.17) is 13.6 Å². The number of fused-ring (bicyclic) bond motifs is 1. The normalized spacial score (nSPS) is 15.9. The number of ether oxygens (including phenoxy) is 1. The molecule has 0 spiro atoms. The lowest BCUT2D eigenvalue weighted by molar-refractivity contribution is 0.0275. The van der Waals surface area contributed by atoms with Gasteiger partial charge >= 0.3 is 12.2 Å². The molecule has 0 saturated carbocycles. The number of hydrogen-bond donors (Lipinski definition) is 1. The molecule has 6 rings (SSSR count). The number of pyridine rings is 2. The summed E-state index contributed by atoms with van der Waals surface area (Å²) in [6.07, 6.45) is 1.51. The Balaban J connectivity index is 1.28. The van der Waals surface area contributed by atoms with E-state index in [9.17, 15) is 13.6 Å². The van der Waals surface area contributed by atoms with Crippen LogP contribution in [0, 0.1) is 5.82 Å².